The Morgan fingerprint density at radius 2 is 1.72 bits per heavy atom. The lowest BCUT2D eigenvalue weighted by atomic mass is 9.98. The van der Waals surface area contributed by atoms with Crippen molar-refractivity contribution in [2.24, 2.45) is 5.92 Å². The van der Waals surface area contributed by atoms with E-state index in [4.69, 9.17) is 9.47 Å². The van der Waals surface area contributed by atoms with Crippen LogP contribution in [0.25, 0.3) is 0 Å². The van der Waals surface area contributed by atoms with Gasteiger partial charge in [0.2, 0.25) is 5.91 Å². The molecule has 246 valence electrons. The highest BCUT2D eigenvalue weighted by Gasteiger charge is 2.35. The SMILES string of the molecule is CC(C(=O)Nc1cccc2c1O[C@H](CN(C)Cc1ccc(Oc3ccccc3F)cc1)[C@H](C)CN(C(C)CO)C2=O)c1ccccc1. The summed E-state index contributed by atoms with van der Waals surface area (Å²) in [5.41, 5.74) is 2.66. The number of nitrogens with zero attached hydrogens (tertiary/aromatic N) is 2. The molecule has 2 unspecified atom stereocenters. The standard InChI is InChI=1S/C38H42FN3O5/c1-25-21-42(26(2)24-43)38(45)31-13-10-15-33(40-37(44)27(3)29-11-6-5-7-12-29)36(31)47-35(25)23-41(4)22-28-17-19-30(20-18-28)46-34-16-9-8-14-32(34)39/h5-20,25-27,35,43H,21-24H2,1-4H3,(H,40,44)/t25-,26?,27?,35-/m1/s1. The van der Waals surface area contributed by atoms with Crippen LogP contribution in [0.2, 0.25) is 0 Å². The highest BCUT2D eigenvalue weighted by atomic mass is 19.1. The first-order valence-electron chi connectivity index (χ1n) is 15.9. The highest BCUT2D eigenvalue weighted by Crippen LogP contribution is 2.36. The van der Waals surface area contributed by atoms with Crippen LogP contribution >= 0.6 is 0 Å². The third-order valence-corrected chi connectivity index (χ3v) is 8.57. The van der Waals surface area contributed by atoms with E-state index in [9.17, 15) is 19.1 Å². The Morgan fingerprint density at radius 1 is 1.02 bits per heavy atom. The van der Waals surface area contributed by atoms with Gasteiger partial charge in [0.1, 0.15) is 11.9 Å². The van der Waals surface area contributed by atoms with E-state index < -0.39 is 17.8 Å². The van der Waals surface area contributed by atoms with Gasteiger partial charge < -0.3 is 24.8 Å². The van der Waals surface area contributed by atoms with E-state index in [0.29, 0.717) is 42.4 Å². The molecule has 1 heterocycles. The highest BCUT2D eigenvalue weighted by molar-refractivity contribution is 6.02. The Balaban J connectivity index is 1.36. The molecule has 4 aromatic carbocycles. The molecule has 9 heteroatoms. The summed E-state index contributed by atoms with van der Waals surface area (Å²) in [5, 5.41) is 13.0. The van der Waals surface area contributed by atoms with E-state index in [1.54, 1.807) is 41.3 Å². The smallest absolute Gasteiger partial charge is 0.258 e. The number of hydrogen-bond acceptors (Lipinski definition) is 6. The molecule has 4 aromatic rings. The third kappa shape index (κ3) is 8.17. The molecule has 5 rings (SSSR count). The average molecular weight is 640 g/mol. The van der Waals surface area contributed by atoms with Gasteiger partial charge in [-0.25, -0.2) is 4.39 Å². The van der Waals surface area contributed by atoms with Gasteiger partial charge in [-0.15, -0.1) is 0 Å². The lowest BCUT2D eigenvalue weighted by Gasteiger charge is -2.38. The topological polar surface area (TPSA) is 91.3 Å². The Morgan fingerprint density at radius 3 is 2.43 bits per heavy atom. The van der Waals surface area contributed by atoms with Crippen molar-refractivity contribution >= 4 is 17.5 Å². The summed E-state index contributed by atoms with van der Waals surface area (Å²) in [4.78, 5) is 31.1. The van der Waals surface area contributed by atoms with Gasteiger partial charge in [0.05, 0.1) is 29.8 Å². The summed E-state index contributed by atoms with van der Waals surface area (Å²) in [6.07, 6.45) is -0.353. The zero-order valence-corrected chi connectivity index (χ0v) is 27.2. The van der Waals surface area contributed by atoms with Gasteiger partial charge in [-0.2, -0.15) is 0 Å². The second-order valence-corrected chi connectivity index (χ2v) is 12.3. The Bertz CT molecular complexity index is 1670. The Kier molecular flexibility index (Phi) is 10.9. The summed E-state index contributed by atoms with van der Waals surface area (Å²) < 4.78 is 26.4. The van der Waals surface area contributed by atoms with Crippen molar-refractivity contribution < 1.29 is 28.6 Å². The fraction of sp³-hybridized carbons (Fsp3) is 0.316. The minimum atomic E-state index is -0.424. The zero-order chi connectivity index (χ0) is 33.5. The maximum atomic E-state index is 14.0. The number of amides is 2. The van der Waals surface area contributed by atoms with Crippen molar-refractivity contribution in [3.05, 3.63) is 120 Å². The van der Waals surface area contributed by atoms with Gasteiger partial charge in [0, 0.05) is 25.6 Å². The van der Waals surface area contributed by atoms with Gasteiger partial charge in [0.15, 0.2) is 17.3 Å². The van der Waals surface area contributed by atoms with Crippen LogP contribution in [0, 0.1) is 11.7 Å². The molecule has 0 bridgehead atoms. The largest absolute Gasteiger partial charge is 0.486 e. The molecule has 1 aliphatic rings. The van der Waals surface area contributed by atoms with Crippen LogP contribution in [0.5, 0.6) is 17.2 Å². The number of ether oxygens (including phenoxy) is 2. The van der Waals surface area contributed by atoms with Gasteiger partial charge in [0.25, 0.3) is 5.91 Å². The minimum absolute atomic E-state index is 0.105. The number of hydrogen-bond donors (Lipinski definition) is 2. The van der Waals surface area contributed by atoms with Crippen molar-refractivity contribution in [3.63, 3.8) is 0 Å². The quantitative estimate of drug-likeness (QED) is 0.190. The van der Waals surface area contributed by atoms with Crippen LogP contribution in [0.4, 0.5) is 10.1 Å². The fourth-order valence-electron chi connectivity index (χ4n) is 5.69. The van der Waals surface area contributed by atoms with E-state index in [-0.39, 0.29) is 36.2 Å². The number of nitrogens with one attached hydrogen (secondary N) is 1. The number of para-hydroxylation sites is 2. The predicted octanol–water partition coefficient (Wildman–Crippen LogP) is 6.71. The number of rotatable bonds is 11. The molecule has 0 aliphatic carbocycles. The van der Waals surface area contributed by atoms with Crippen LogP contribution in [-0.4, -0.2) is 65.6 Å². The molecule has 0 aromatic heterocycles. The number of carbonyl (C=O) groups is 2. The molecular formula is C38H42FN3O5. The lowest BCUT2D eigenvalue weighted by Crippen LogP contribution is -2.49. The molecule has 8 nitrogen and oxygen atoms in total. The fourth-order valence-corrected chi connectivity index (χ4v) is 5.69. The van der Waals surface area contributed by atoms with Crippen LogP contribution in [0.15, 0.2) is 97.1 Å². The predicted molar refractivity (Wildman–Crippen MR) is 180 cm³/mol. The van der Waals surface area contributed by atoms with Crippen LogP contribution in [0.3, 0.4) is 0 Å². The zero-order valence-electron chi connectivity index (χ0n) is 27.2. The monoisotopic (exact) mass is 639 g/mol. The molecule has 0 saturated carbocycles. The van der Waals surface area contributed by atoms with Crippen molar-refractivity contribution in [3.8, 4) is 17.2 Å². The summed E-state index contributed by atoms with van der Waals surface area (Å²) >= 11 is 0. The lowest BCUT2D eigenvalue weighted by molar-refractivity contribution is -0.117. The number of likely N-dealkylation sites (N-methyl/N-ethyl adjacent to an activating group) is 1. The molecule has 2 N–H and O–H groups in total. The van der Waals surface area contributed by atoms with Gasteiger partial charge in [-0.3, -0.25) is 14.5 Å². The maximum Gasteiger partial charge on any atom is 0.258 e. The normalized spacial score (nSPS) is 17.6. The number of aliphatic hydroxyl groups excluding tert-OH is 1. The second-order valence-electron chi connectivity index (χ2n) is 12.3. The van der Waals surface area contributed by atoms with E-state index in [1.807, 2.05) is 82.4 Å². The summed E-state index contributed by atoms with van der Waals surface area (Å²) in [6, 6.07) is 28.1. The van der Waals surface area contributed by atoms with E-state index in [0.717, 1.165) is 11.1 Å². The van der Waals surface area contributed by atoms with Gasteiger partial charge in [-0.1, -0.05) is 67.6 Å². The molecule has 0 radical (unpaired) electrons. The first-order valence-corrected chi connectivity index (χ1v) is 15.9. The number of halogens is 1. The molecule has 0 spiro atoms. The first kappa shape index (κ1) is 33.6. The number of anilines is 1. The number of aliphatic hydroxyl groups is 1. The summed E-state index contributed by atoms with van der Waals surface area (Å²) in [5.74, 6) is -0.402. The number of benzene rings is 4. The minimum Gasteiger partial charge on any atom is -0.486 e. The van der Waals surface area contributed by atoms with Crippen molar-refractivity contribution in [1.29, 1.82) is 0 Å². The Labute approximate surface area is 275 Å². The molecular weight excluding hydrogens is 597 g/mol. The van der Waals surface area contributed by atoms with Crippen LogP contribution < -0.4 is 14.8 Å². The summed E-state index contributed by atoms with van der Waals surface area (Å²) in [6.45, 7) is 7.02. The van der Waals surface area contributed by atoms with Crippen molar-refractivity contribution in [2.75, 3.05) is 32.1 Å². The second kappa shape index (κ2) is 15.2. The molecule has 0 fully saturated rings. The van der Waals surface area contributed by atoms with Crippen molar-refractivity contribution in [2.45, 2.75) is 45.4 Å². The summed E-state index contributed by atoms with van der Waals surface area (Å²) in [7, 11) is 1.99. The molecule has 1 aliphatic heterocycles. The van der Waals surface area contributed by atoms with Gasteiger partial charge >= 0.3 is 0 Å². The molecule has 0 saturated heterocycles. The van der Waals surface area contributed by atoms with Crippen molar-refractivity contribution in [1.82, 2.24) is 9.80 Å². The number of carbonyl (C=O) groups excluding carboxylic acids is 2. The maximum absolute atomic E-state index is 14.0. The van der Waals surface area contributed by atoms with Gasteiger partial charge in [-0.05, 0) is 68.4 Å². The van der Waals surface area contributed by atoms with E-state index in [1.165, 1.54) is 6.07 Å². The molecule has 47 heavy (non-hydrogen) atoms. The third-order valence-electron chi connectivity index (χ3n) is 8.57. The average Bonchev–Trinajstić information content (AvgIpc) is 3.08. The van der Waals surface area contributed by atoms with E-state index >= 15 is 0 Å². The number of fused-ring (bicyclic) bond motifs is 1. The van der Waals surface area contributed by atoms with Crippen LogP contribution in [-0.2, 0) is 11.3 Å². The Hall–Kier alpha value is -4.73. The van der Waals surface area contributed by atoms with E-state index in [2.05, 4.69) is 10.2 Å². The molecule has 4 atom stereocenters. The molecule has 2 amide bonds. The van der Waals surface area contributed by atoms with Crippen LogP contribution in [0.1, 0.15) is 48.2 Å². The first-order chi connectivity index (χ1) is 22.6.